The van der Waals surface area contributed by atoms with E-state index in [2.05, 4.69) is 20.8 Å². The van der Waals surface area contributed by atoms with E-state index in [9.17, 15) is 9.32 Å². The van der Waals surface area contributed by atoms with Crippen molar-refractivity contribution in [2.45, 2.75) is 38.0 Å². The Hall–Kier alpha value is -1.36. The van der Waals surface area contributed by atoms with Crippen LogP contribution in [0.5, 0.6) is 5.75 Å². The quantitative estimate of drug-likeness (QED) is 0.777. The summed E-state index contributed by atoms with van der Waals surface area (Å²) in [7, 11) is -1.15. The summed E-state index contributed by atoms with van der Waals surface area (Å²) in [5.41, 5.74) is 2.26. The molecule has 2 rings (SSSR count). The van der Waals surface area contributed by atoms with Crippen LogP contribution in [0.15, 0.2) is 48.5 Å². The zero-order valence-electron chi connectivity index (χ0n) is 14.9. The summed E-state index contributed by atoms with van der Waals surface area (Å²) in [5, 5.41) is 10.7. The highest BCUT2D eigenvalue weighted by Crippen LogP contribution is 2.24. The van der Waals surface area contributed by atoms with Crippen LogP contribution in [0.2, 0.25) is 5.02 Å². The smallest absolute Gasteiger partial charge is 0.119 e. The van der Waals surface area contributed by atoms with Crippen molar-refractivity contribution in [3.05, 3.63) is 64.7 Å². The van der Waals surface area contributed by atoms with Crippen LogP contribution < -0.4 is 4.74 Å². The molecule has 0 radical (unpaired) electrons. The lowest BCUT2D eigenvalue weighted by molar-refractivity contribution is 0.125. The Morgan fingerprint density at radius 3 is 2.24 bits per heavy atom. The van der Waals surface area contributed by atoms with Crippen LogP contribution in [0.4, 0.5) is 0 Å². The molecule has 0 saturated heterocycles. The van der Waals surface area contributed by atoms with Crippen LogP contribution in [0.1, 0.15) is 31.9 Å². The minimum absolute atomic E-state index is 0.0939. The summed E-state index contributed by atoms with van der Waals surface area (Å²) in [6.07, 6.45) is -0.768. The van der Waals surface area contributed by atoms with Gasteiger partial charge in [0.05, 0.1) is 11.9 Å². The van der Waals surface area contributed by atoms with E-state index >= 15 is 0 Å². The molecule has 0 aromatic heterocycles. The average molecular weight is 381 g/mol. The van der Waals surface area contributed by atoms with Gasteiger partial charge in [0.1, 0.15) is 12.4 Å². The molecule has 0 spiro atoms. The Morgan fingerprint density at radius 2 is 1.68 bits per heavy atom. The third-order valence-electron chi connectivity index (χ3n) is 3.78. The molecule has 0 aliphatic heterocycles. The topological polar surface area (TPSA) is 46.5 Å². The van der Waals surface area contributed by atoms with Crippen molar-refractivity contribution in [2.24, 2.45) is 0 Å². The predicted molar refractivity (Wildman–Crippen MR) is 105 cm³/mol. The van der Waals surface area contributed by atoms with Crippen molar-refractivity contribution < 1.29 is 14.1 Å². The molecule has 0 amide bonds. The zero-order valence-corrected chi connectivity index (χ0v) is 16.4. The molecule has 25 heavy (non-hydrogen) atoms. The van der Waals surface area contributed by atoms with Crippen molar-refractivity contribution in [3.8, 4) is 5.75 Å². The van der Waals surface area contributed by atoms with Gasteiger partial charge < -0.3 is 9.84 Å². The molecule has 0 bridgehead atoms. The molecule has 0 aliphatic carbocycles. The van der Waals surface area contributed by atoms with Gasteiger partial charge in [-0.1, -0.05) is 56.6 Å². The largest absolute Gasteiger partial charge is 0.491 e. The van der Waals surface area contributed by atoms with E-state index in [1.54, 1.807) is 12.1 Å². The maximum Gasteiger partial charge on any atom is 0.119 e. The van der Waals surface area contributed by atoms with Crippen molar-refractivity contribution in [1.29, 1.82) is 0 Å². The predicted octanol–water partition coefficient (Wildman–Crippen LogP) is 4.33. The number of halogens is 1. The van der Waals surface area contributed by atoms with Gasteiger partial charge in [-0.25, -0.2) is 0 Å². The zero-order chi connectivity index (χ0) is 18.4. The molecule has 2 aromatic rings. The second-order valence-corrected chi connectivity index (χ2v) is 9.05. The molecule has 0 saturated carbocycles. The molecule has 3 nitrogen and oxygen atoms in total. The van der Waals surface area contributed by atoms with Gasteiger partial charge in [0.25, 0.3) is 0 Å². The van der Waals surface area contributed by atoms with Crippen LogP contribution in [0.3, 0.4) is 0 Å². The number of benzene rings is 2. The molecule has 0 heterocycles. The third-order valence-corrected chi connectivity index (χ3v) is 5.45. The lowest BCUT2D eigenvalue weighted by atomic mass is 9.87. The molecular weight excluding hydrogens is 356 g/mol. The lowest BCUT2D eigenvalue weighted by Crippen LogP contribution is -2.25. The summed E-state index contributed by atoms with van der Waals surface area (Å²) in [6, 6.07) is 15.1. The van der Waals surface area contributed by atoms with Gasteiger partial charge in [0, 0.05) is 21.6 Å². The summed E-state index contributed by atoms with van der Waals surface area (Å²) in [5.74, 6) is 1.28. The Bertz CT molecular complexity index is 690. The Labute approximate surface area is 157 Å². The number of hydrogen-bond donors (Lipinski definition) is 1. The fourth-order valence-corrected chi connectivity index (χ4v) is 3.67. The first kappa shape index (κ1) is 20.0. The van der Waals surface area contributed by atoms with Gasteiger partial charge in [0.2, 0.25) is 0 Å². The van der Waals surface area contributed by atoms with Crippen LogP contribution >= 0.6 is 11.6 Å². The number of ether oxygens (including phenoxy) is 1. The maximum absolute atomic E-state index is 12.1. The first-order valence-electron chi connectivity index (χ1n) is 8.25. The van der Waals surface area contributed by atoms with Gasteiger partial charge >= 0.3 is 0 Å². The molecule has 1 N–H and O–H groups in total. The number of hydrogen-bond acceptors (Lipinski definition) is 3. The van der Waals surface area contributed by atoms with Crippen molar-refractivity contribution in [3.63, 3.8) is 0 Å². The van der Waals surface area contributed by atoms with E-state index in [1.807, 2.05) is 36.4 Å². The molecule has 2 atom stereocenters. The van der Waals surface area contributed by atoms with Gasteiger partial charge in [-0.2, -0.15) is 0 Å². The molecule has 0 unspecified atom stereocenters. The minimum Gasteiger partial charge on any atom is -0.491 e. The van der Waals surface area contributed by atoms with Crippen LogP contribution in [-0.2, 0) is 22.0 Å². The lowest BCUT2D eigenvalue weighted by Gasteiger charge is -2.19. The second kappa shape index (κ2) is 8.84. The fraction of sp³-hybridized carbons (Fsp3) is 0.400. The van der Waals surface area contributed by atoms with E-state index < -0.39 is 16.9 Å². The van der Waals surface area contributed by atoms with Gasteiger partial charge in [0.15, 0.2) is 0 Å². The number of aliphatic hydroxyl groups is 1. The van der Waals surface area contributed by atoms with E-state index in [-0.39, 0.29) is 17.8 Å². The second-order valence-electron chi connectivity index (χ2n) is 7.12. The van der Waals surface area contributed by atoms with E-state index in [0.29, 0.717) is 16.5 Å². The molecule has 0 fully saturated rings. The van der Waals surface area contributed by atoms with E-state index in [4.69, 9.17) is 16.3 Å². The number of aliphatic hydroxyl groups excluding tert-OH is 1. The van der Waals surface area contributed by atoms with E-state index in [1.165, 1.54) is 5.56 Å². The highest BCUT2D eigenvalue weighted by atomic mass is 35.5. The van der Waals surface area contributed by atoms with E-state index in [0.717, 1.165) is 5.56 Å². The van der Waals surface area contributed by atoms with Gasteiger partial charge in [-0.3, -0.25) is 4.21 Å². The normalized spacial score (nSPS) is 14.1. The summed E-state index contributed by atoms with van der Waals surface area (Å²) in [4.78, 5) is 0. The number of rotatable bonds is 7. The van der Waals surface area contributed by atoms with Crippen LogP contribution in [0, 0.1) is 0 Å². The molecule has 5 heteroatoms. The average Bonchev–Trinajstić information content (AvgIpc) is 2.54. The van der Waals surface area contributed by atoms with Gasteiger partial charge in [-0.05, 0) is 40.8 Å². The first-order valence-corrected chi connectivity index (χ1v) is 10.1. The molecule has 2 aromatic carbocycles. The van der Waals surface area contributed by atoms with Crippen molar-refractivity contribution >= 4 is 22.4 Å². The summed E-state index contributed by atoms with van der Waals surface area (Å²) >= 11 is 5.83. The summed E-state index contributed by atoms with van der Waals surface area (Å²) < 4.78 is 17.7. The standard InChI is InChI=1S/C20H25ClO3S/c1-20(2,3)16-6-10-19(11-7-16)24-12-18(22)14-25(23)13-15-4-8-17(21)9-5-15/h4-11,18,22H,12-14H2,1-3H3/t18-,25-/m1/s1. The van der Waals surface area contributed by atoms with Crippen LogP contribution in [-0.4, -0.2) is 27.8 Å². The Balaban J connectivity index is 1.79. The molecule has 0 aliphatic rings. The fourth-order valence-electron chi connectivity index (χ4n) is 2.33. The highest BCUT2D eigenvalue weighted by Gasteiger charge is 2.14. The first-order chi connectivity index (χ1) is 11.7. The SMILES string of the molecule is CC(C)(C)c1ccc(OC[C@@H](O)C[S@](=O)Cc2ccc(Cl)cc2)cc1. The Kier molecular flexibility index (Phi) is 7.05. The monoisotopic (exact) mass is 380 g/mol. The third kappa shape index (κ3) is 6.81. The highest BCUT2D eigenvalue weighted by molar-refractivity contribution is 7.84. The van der Waals surface area contributed by atoms with Crippen molar-refractivity contribution in [1.82, 2.24) is 0 Å². The minimum atomic E-state index is -1.15. The Morgan fingerprint density at radius 1 is 1.08 bits per heavy atom. The summed E-state index contributed by atoms with van der Waals surface area (Å²) in [6.45, 7) is 6.59. The van der Waals surface area contributed by atoms with Crippen molar-refractivity contribution in [2.75, 3.05) is 12.4 Å². The molecule has 136 valence electrons. The maximum atomic E-state index is 12.1. The van der Waals surface area contributed by atoms with Gasteiger partial charge in [-0.15, -0.1) is 0 Å². The molecular formula is C20H25ClO3S. The van der Waals surface area contributed by atoms with Crippen LogP contribution in [0.25, 0.3) is 0 Å².